The molecule has 0 rings (SSSR count). The van der Waals surface area contributed by atoms with E-state index in [1.807, 2.05) is 249 Å². The van der Waals surface area contributed by atoms with E-state index in [0.29, 0.717) is 0 Å². The van der Waals surface area contributed by atoms with E-state index >= 15 is 0 Å². The van der Waals surface area contributed by atoms with Crippen LogP contribution in [0.3, 0.4) is 0 Å². The largest absolute Gasteiger partial charge is 0.0776 e. The summed E-state index contributed by atoms with van der Waals surface area (Å²) in [6.45, 7) is 72.0. The molecule has 0 amide bonds. The van der Waals surface area contributed by atoms with Gasteiger partial charge in [0.05, 0.1) is 0 Å². The summed E-state index contributed by atoms with van der Waals surface area (Å²) in [5.41, 5.74) is 0. The highest BCUT2D eigenvalue weighted by Crippen LogP contribution is 1.18. The molecule has 0 aliphatic heterocycles. The van der Waals surface area contributed by atoms with Crippen LogP contribution < -0.4 is 0 Å². The third-order valence-corrected chi connectivity index (χ3v) is 0. The Balaban J connectivity index is -0.00000000461. The first-order chi connectivity index (χ1) is 18.0. The van der Waals surface area contributed by atoms with E-state index in [4.69, 9.17) is 0 Å². The second-order valence-corrected chi connectivity index (χ2v) is 0. The maximum absolute atomic E-state index is 2.00. The summed E-state index contributed by atoms with van der Waals surface area (Å²) in [5.74, 6) is 0. The molecule has 276 valence electrons. The fourth-order valence-corrected chi connectivity index (χ4v) is 0. The van der Waals surface area contributed by atoms with E-state index in [0.717, 1.165) is 0 Å². The third-order valence-electron chi connectivity index (χ3n) is 0. The molecule has 0 heteroatoms. The molecule has 0 aliphatic rings. The van der Waals surface area contributed by atoms with Crippen LogP contribution in [0.15, 0.2) is 0 Å². The smallest absolute Gasteiger partial charge is 0.0683 e. The van der Waals surface area contributed by atoms with Crippen LogP contribution in [0, 0.1) is 0 Å². The van der Waals surface area contributed by atoms with Crippen molar-refractivity contribution in [2.75, 3.05) is 0 Å². The molecule has 0 nitrogen and oxygen atoms in total. The zero-order valence-electron chi connectivity index (χ0n) is 36.0. The maximum atomic E-state index is 2.00. The van der Waals surface area contributed by atoms with Gasteiger partial charge in [0.25, 0.3) is 0 Å². The van der Waals surface area contributed by atoms with Gasteiger partial charge in [0.2, 0.25) is 0 Å². The van der Waals surface area contributed by atoms with Crippen LogP contribution in [0.25, 0.3) is 0 Å². The van der Waals surface area contributed by atoms with Crippen LogP contribution in [0.5, 0.6) is 0 Å². The summed E-state index contributed by atoms with van der Waals surface area (Å²) in [4.78, 5) is 0. The molecule has 0 atom stereocenters. The zero-order chi connectivity index (χ0) is 36.0. The lowest BCUT2D eigenvalue weighted by Gasteiger charge is -1.07. The second-order valence-electron chi connectivity index (χ2n) is 0. The molecule has 0 spiro atoms. The van der Waals surface area contributed by atoms with Crippen LogP contribution in [-0.4, -0.2) is 0 Å². The van der Waals surface area contributed by atoms with E-state index < -0.39 is 0 Å². The summed E-state index contributed by atoms with van der Waals surface area (Å²) in [6, 6.07) is 0. The summed E-state index contributed by atoms with van der Waals surface area (Å²) < 4.78 is 0. The van der Waals surface area contributed by atoms with Gasteiger partial charge < -0.3 is 0 Å². The van der Waals surface area contributed by atoms with Gasteiger partial charge in [-0.25, -0.2) is 0 Å². The molecule has 0 bridgehead atoms. The first kappa shape index (κ1) is 174. The predicted octanol–water partition coefficient (Wildman–Crippen LogP) is 20.4. The van der Waals surface area contributed by atoms with Gasteiger partial charge in [0.15, 0.2) is 0 Å². The van der Waals surface area contributed by atoms with Crippen molar-refractivity contribution in [3.05, 3.63) is 0 Å². The summed E-state index contributed by atoms with van der Waals surface area (Å²) >= 11 is 0. The Morgan fingerprint density at radius 2 is 0.0769 bits per heavy atom. The Kier molecular flexibility index (Phi) is 0. The molecule has 39 heavy (non-hydrogen) atoms. The van der Waals surface area contributed by atoms with Crippen LogP contribution in [0.2, 0.25) is 0 Å². The van der Waals surface area contributed by atoms with E-state index in [-0.39, 0.29) is 22.3 Å². The highest BCUT2D eigenvalue weighted by Gasteiger charge is 0.966. The van der Waals surface area contributed by atoms with E-state index in [1.54, 1.807) is 0 Å². The molecule has 0 fully saturated rings. The fourth-order valence-electron chi connectivity index (χ4n) is 0. The zero-order valence-corrected chi connectivity index (χ0v) is 36.0. The van der Waals surface area contributed by atoms with Gasteiger partial charge in [-0.05, 0) is 0 Å². The lowest BCUT2D eigenvalue weighted by molar-refractivity contribution is 1.50. The van der Waals surface area contributed by atoms with Crippen molar-refractivity contribution in [2.24, 2.45) is 0 Å². The van der Waals surface area contributed by atoms with Crippen molar-refractivity contribution < 1.29 is 0 Å². The molecule has 0 N–H and O–H groups in total. The number of hydrogen-bond donors (Lipinski definition) is 0. The average Bonchev–Trinajstić information content (AvgIpc) is 3.13. The van der Waals surface area contributed by atoms with Crippen molar-refractivity contribution in [3.63, 3.8) is 0 Å². The SMILES string of the molecule is C.C.C.CC.CC.CC.CC.CC.CC.CC.CC.CC.CC.CC.CC.CC.CC.CC.CC.CC.CC. The molecule has 0 saturated heterocycles. The topological polar surface area (TPSA) is 0 Å². The van der Waals surface area contributed by atoms with Crippen LogP contribution in [0.1, 0.15) is 272 Å². The van der Waals surface area contributed by atoms with Gasteiger partial charge in [-0.15, -0.1) is 0 Å². The minimum absolute atomic E-state index is 0. The van der Waals surface area contributed by atoms with Gasteiger partial charge in [-0.2, -0.15) is 0 Å². The lowest BCUT2D eigenvalue weighted by atomic mass is 11.0. The van der Waals surface area contributed by atoms with Gasteiger partial charge >= 0.3 is 0 Å². The maximum Gasteiger partial charge on any atom is -0.0683 e. The molecule has 0 heterocycles. The van der Waals surface area contributed by atoms with Crippen molar-refractivity contribution >= 4 is 0 Å². The van der Waals surface area contributed by atoms with Gasteiger partial charge in [0, 0.05) is 0 Å². The summed E-state index contributed by atoms with van der Waals surface area (Å²) in [5, 5.41) is 0. The molecule has 0 unspecified atom stereocenters. The van der Waals surface area contributed by atoms with Gasteiger partial charge in [0.1, 0.15) is 0 Å². The normalized spacial score (nSPS) is 2.77. The van der Waals surface area contributed by atoms with Crippen molar-refractivity contribution in [1.82, 2.24) is 0 Å². The van der Waals surface area contributed by atoms with Gasteiger partial charge in [-0.3, -0.25) is 0 Å². The van der Waals surface area contributed by atoms with Crippen molar-refractivity contribution in [3.8, 4) is 0 Å². The number of rotatable bonds is 0. The highest BCUT2D eigenvalue weighted by atomic mass is 13.0. The molecular weight excluding hydrogens is 468 g/mol. The monoisotopic (exact) mass is 589 g/mol. The number of hydrogen-bond acceptors (Lipinski definition) is 0. The van der Waals surface area contributed by atoms with E-state index in [2.05, 4.69) is 0 Å². The van der Waals surface area contributed by atoms with E-state index in [1.165, 1.54) is 0 Å². The summed E-state index contributed by atoms with van der Waals surface area (Å²) in [7, 11) is 0. The van der Waals surface area contributed by atoms with Crippen LogP contribution in [-0.2, 0) is 0 Å². The standard InChI is InChI=1S/18C2H6.3CH4/c18*1-2;;;/h18*1-2H3;3*1H4. The second kappa shape index (κ2) is 0. The molecule has 0 aromatic rings. The summed E-state index contributed by atoms with van der Waals surface area (Å²) in [6.07, 6.45) is 0. The van der Waals surface area contributed by atoms with Crippen molar-refractivity contribution in [1.29, 1.82) is 0 Å². The Bertz CT molecular complexity index is 0. The molecule has 0 radical (unpaired) electrons. The predicted molar refractivity (Wildman–Crippen MR) is 224 cm³/mol. The first-order valence-corrected chi connectivity index (χ1v) is 18.0. The fraction of sp³-hybridized carbons (Fsp3) is 1.00. The molecule has 0 aromatic heterocycles. The lowest BCUT2D eigenvalue weighted by Crippen LogP contribution is -0.856. The third kappa shape index (κ3) is 0. The van der Waals surface area contributed by atoms with Crippen molar-refractivity contribution in [2.45, 2.75) is 272 Å². The molecule has 0 saturated carbocycles. The van der Waals surface area contributed by atoms with Crippen LogP contribution in [0.4, 0.5) is 0 Å². The quantitative estimate of drug-likeness (QED) is 0.264. The minimum atomic E-state index is 0. The Morgan fingerprint density at radius 3 is 0.0769 bits per heavy atom. The Hall–Kier alpha value is 0. The molecule has 0 aromatic carbocycles. The average molecular weight is 589 g/mol. The minimum Gasteiger partial charge on any atom is -0.0776 e. The Labute approximate surface area is 271 Å². The molecular formula is C39H120. The molecule has 0 aliphatic carbocycles. The van der Waals surface area contributed by atoms with Crippen LogP contribution >= 0.6 is 0 Å². The highest BCUT2D eigenvalue weighted by molar-refractivity contribution is 3.54. The van der Waals surface area contributed by atoms with Gasteiger partial charge in [-0.1, -0.05) is 272 Å². The van der Waals surface area contributed by atoms with E-state index in [9.17, 15) is 0 Å². The first-order valence-electron chi connectivity index (χ1n) is 18.0. The Morgan fingerprint density at radius 1 is 0.0769 bits per heavy atom.